The third-order valence-electron chi connectivity index (χ3n) is 6.24. The highest BCUT2D eigenvalue weighted by atomic mass is 16.6. The minimum absolute atomic E-state index is 0.430. The van der Waals surface area contributed by atoms with Crippen LogP contribution in [0.4, 0.5) is 10.5 Å². The van der Waals surface area contributed by atoms with Gasteiger partial charge in [-0.15, -0.1) is 0 Å². The van der Waals surface area contributed by atoms with Gasteiger partial charge >= 0.3 is 6.09 Å². The molecule has 0 bridgehead atoms. The van der Waals surface area contributed by atoms with Gasteiger partial charge in [0.15, 0.2) is 11.5 Å². The van der Waals surface area contributed by atoms with E-state index >= 15 is 0 Å². The summed E-state index contributed by atoms with van der Waals surface area (Å²) in [4.78, 5) is 36.4. The van der Waals surface area contributed by atoms with E-state index in [1.807, 2.05) is 12.1 Å². The Labute approximate surface area is 226 Å². The zero-order chi connectivity index (χ0) is 27.4. The van der Waals surface area contributed by atoms with Crippen molar-refractivity contribution in [3.8, 4) is 11.5 Å². The number of carbonyl (C=O) groups excluding carboxylic acids is 2. The van der Waals surface area contributed by atoms with Crippen molar-refractivity contribution in [2.75, 3.05) is 31.6 Å². The van der Waals surface area contributed by atoms with Crippen molar-refractivity contribution in [1.82, 2.24) is 30.4 Å². The molecule has 11 nitrogen and oxygen atoms in total. The molecule has 2 amide bonds. The number of carbonyl (C=O) groups is 2. The number of amides is 2. The summed E-state index contributed by atoms with van der Waals surface area (Å²) in [6.07, 6.45) is 0.892. The third-order valence-corrected chi connectivity index (χ3v) is 6.24. The topological polar surface area (TPSA) is 137 Å². The van der Waals surface area contributed by atoms with Crippen LogP contribution in [0.2, 0.25) is 0 Å². The number of alkyl carbamates (subject to hydrolysis) is 1. The molecule has 1 unspecified atom stereocenters. The molecule has 1 aliphatic heterocycles. The molecule has 0 radical (unpaired) electrons. The molecular formula is C28H33N7O4. The lowest BCUT2D eigenvalue weighted by Gasteiger charge is -2.26. The highest BCUT2D eigenvalue weighted by Crippen LogP contribution is 2.27. The number of H-pyrrole nitrogens is 2. The van der Waals surface area contributed by atoms with Gasteiger partial charge in [0.1, 0.15) is 11.6 Å². The average molecular weight is 532 g/mol. The highest BCUT2D eigenvalue weighted by molar-refractivity contribution is 5.99. The molecule has 3 heterocycles. The van der Waals surface area contributed by atoms with Crippen LogP contribution in [0.1, 0.15) is 37.9 Å². The highest BCUT2D eigenvalue weighted by Gasteiger charge is 2.27. The first-order valence-electron chi connectivity index (χ1n) is 12.9. The minimum Gasteiger partial charge on any atom is -0.444 e. The molecule has 1 aliphatic rings. The Balaban J connectivity index is 1.35. The summed E-state index contributed by atoms with van der Waals surface area (Å²) in [6, 6.07) is 14.1. The van der Waals surface area contributed by atoms with Crippen molar-refractivity contribution in [2.45, 2.75) is 39.0 Å². The van der Waals surface area contributed by atoms with E-state index in [1.54, 1.807) is 51.2 Å². The van der Waals surface area contributed by atoms with Crippen molar-refractivity contribution >= 4 is 28.7 Å². The minimum atomic E-state index is -0.984. The third kappa shape index (κ3) is 6.62. The smallest absolute Gasteiger partial charge is 0.408 e. The van der Waals surface area contributed by atoms with Crippen LogP contribution in [-0.4, -0.2) is 69.0 Å². The Hall–Kier alpha value is -4.22. The number of aromatic amines is 2. The normalized spacial score (nSPS) is 15.2. The first kappa shape index (κ1) is 26.4. The second-order valence-corrected chi connectivity index (χ2v) is 10.5. The van der Waals surface area contributed by atoms with Crippen LogP contribution in [0.15, 0.2) is 54.7 Å². The van der Waals surface area contributed by atoms with Crippen LogP contribution < -0.4 is 10.6 Å². The molecule has 0 spiro atoms. The number of anilines is 1. The first-order chi connectivity index (χ1) is 18.7. The average Bonchev–Trinajstić information content (AvgIpc) is 3.53. The number of nitrogens with zero attached hydrogens (tertiary/aromatic N) is 3. The number of morpholine rings is 1. The molecule has 1 atom stereocenters. The van der Waals surface area contributed by atoms with Gasteiger partial charge in [-0.25, -0.2) is 9.78 Å². The molecule has 5 rings (SSSR count). The standard InChI is InChI=1S/C28H33N7O4/c1-28(2,3)39-27(37)33-23(19-7-5-4-6-8-19)26(36)32-22-16-29-34-24(22)25-30-20-10-9-18(15-21(20)31-25)17-35-11-13-38-14-12-35/h4-10,15-16,23H,11-14,17H2,1-3H3,(H,29,34)(H,30,31)(H,32,36)(H,33,37). The van der Waals surface area contributed by atoms with Gasteiger partial charge in [0.05, 0.1) is 29.9 Å². The summed E-state index contributed by atoms with van der Waals surface area (Å²) in [7, 11) is 0. The fourth-order valence-corrected chi connectivity index (χ4v) is 4.42. The molecule has 11 heteroatoms. The van der Waals surface area contributed by atoms with E-state index in [0.29, 0.717) is 22.8 Å². The van der Waals surface area contributed by atoms with Crippen LogP contribution in [0.25, 0.3) is 22.6 Å². The van der Waals surface area contributed by atoms with Gasteiger partial charge < -0.3 is 25.1 Å². The van der Waals surface area contributed by atoms with E-state index in [9.17, 15) is 9.59 Å². The predicted octanol–water partition coefficient (Wildman–Crippen LogP) is 3.99. The fourth-order valence-electron chi connectivity index (χ4n) is 4.42. The quantitative estimate of drug-likeness (QED) is 0.283. The molecule has 2 aromatic carbocycles. The van der Waals surface area contributed by atoms with E-state index in [-0.39, 0.29) is 0 Å². The second-order valence-electron chi connectivity index (χ2n) is 10.5. The predicted molar refractivity (Wildman–Crippen MR) is 147 cm³/mol. The largest absolute Gasteiger partial charge is 0.444 e. The van der Waals surface area contributed by atoms with E-state index in [4.69, 9.17) is 14.5 Å². The molecule has 0 saturated carbocycles. The first-order valence-corrected chi connectivity index (χ1v) is 12.9. The van der Waals surface area contributed by atoms with E-state index in [2.05, 4.69) is 42.8 Å². The van der Waals surface area contributed by atoms with Crippen molar-refractivity contribution in [1.29, 1.82) is 0 Å². The van der Waals surface area contributed by atoms with Crippen molar-refractivity contribution in [3.05, 3.63) is 65.9 Å². The van der Waals surface area contributed by atoms with Gasteiger partial charge in [-0.1, -0.05) is 36.4 Å². The van der Waals surface area contributed by atoms with Crippen molar-refractivity contribution in [2.24, 2.45) is 0 Å². The molecule has 4 N–H and O–H groups in total. The van der Waals surface area contributed by atoms with Gasteiger partial charge in [-0.2, -0.15) is 5.10 Å². The maximum atomic E-state index is 13.4. The fraction of sp³-hybridized carbons (Fsp3) is 0.357. The lowest BCUT2D eigenvalue weighted by atomic mass is 10.1. The maximum absolute atomic E-state index is 13.4. The number of aromatic nitrogens is 4. The lowest BCUT2D eigenvalue weighted by molar-refractivity contribution is -0.118. The zero-order valence-corrected chi connectivity index (χ0v) is 22.3. The molecule has 2 aromatic heterocycles. The molecule has 1 fully saturated rings. The Morgan fingerprint density at radius 3 is 2.64 bits per heavy atom. The summed E-state index contributed by atoms with van der Waals surface area (Å²) in [6.45, 7) is 9.45. The Morgan fingerprint density at radius 1 is 1.13 bits per heavy atom. The second kappa shape index (κ2) is 11.3. The van der Waals surface area contributed by atoms with Gasteiger partial charge in [0.25, 0.3) is 5.91 Å². The summed E-state index contributed by atoms with van der Waals surface area (Å²) in [5.41, 5.74) is 3.63. The summed E-state index contributed by atoms with van der Waals surface area (Å²) < 4.78 is 10.8. The number of benzene rings is 2. The molecule has 0 aliphatic carbocycles. The SMILES string of the molecule is CC(C)(C)OC(=O)NC(C(=O)Nc1c[nH]nc1-c1nc2cc(CN3CCOCC3)ccc2[nH]1)c1ccccc1. The monoisotopic (exact) mass is 531 g/mol. The van der Waals surface area contributed by atoms with Crippen molar-refractivity contribution in [3.63, 3.8) is 0 Å². The van der Waals surface area contributed by atoms with Crippen molar-refractivity contribution < 1.29 is 19.1 Å². The molecule has 204 valence electrons. The summed E-state index contributed by atoms with van der Waals surface area (Å²) in [5, 5.41) is 12.7. The van der Waals surface area contributed by atoms with E-state index in [1.165, 1.54) is 0 Å². The molecule has 4 aromatic rings. The van der Waals surface area contributed by atoms with Crippen LogP contribution in [0, 0.1) is 0 Å². The van der Waals surface area contributed by atoms with Crippen LogP contribution in [0.5, 0.6) is 0 Å². The molecular weight excluding hydrogens is 498 g/mol. The van der Waals surface area contributed by atoms with E-state index < -0.39 is 23.6 Å². The summed E-state index contributed by atoms with van der Waals surface area (Å²) >= 11 is 0. The number of rotatable bonds is 7. The van der Waals surface area contributed by atoms with Gasteiger partial charge in [0, 0.05) is 25.8 Å². The number of ether oxygens (including phenoxy) is 2. The Morgan fingerprint density at radius 2 is 1.90 bits per heavy atom. The number of hydrogen-bond acceptors (Lipinski definition) is 7. The summed E-state index contributed by atoms with van der Waals surface area (Å²) in [5.74, 6) is 0.0695. The van der Waals surface area contributed by atoms with Gasteiger partial charge in [-0.05, 0) is 44.0 Å². The number of fused-ring (bicyclic) bond motifs is 1. The zero-order valence-electron chi connectivity index (χ0n) is 22.3. The maximum Gasteiger partial charge on any atom is 0.408 e. The van der Waals surface area contributed by atoms with Crippen LogP contribution in [-0.2, 0) is 20.8 Å². The number of hydrogen-bond donors (Lipinski definition) is 4. The lowest BCUT2D eigenvalue weighted by Crippen LogP contribution is -2.40. The number of imidazole rings is 1. The van der Waals surface area contributed by atoms with Gasteiger partial charge in [0.2, 0.25) is 0 Å². The number of nitrogens with one attached hydrogen (secondary N) is 4. The van der Waals surface area contributed by atoms with Crippen LogP contribution >= 0.6 is 0 Å². The molecule has 1 saturated heterocycles. The molecule has 39 heavy (non-hydrogen) atoms. The Kier molecular flexibility index (Phi) is 7.62. The van der Waals surface area contributed by atoms with Gasteiger partial charge in [-0.3, -0.25) is 14.8 Å². The Bertz CT molecular complexity index is 1440. The van der Waals surface area contributed by atoms with E-state index in [0.717, 1.165) is 49.4 Å². The van der Waals surface area contributed by atoms with Crippen LogP contribution in [0.3, 0.4) is 0 Å².